The summed E-state index contributed by atoms with van der Waals surface area (Å²) in [5.41, 5.74) is 2.51. The van der Waals surface area contributed by atoms with Gasteiger partial charge in [-0.3, -0.25) is 4.79 Å². The maximum Gasteiger partial charge on any atom is 0.251 e. The lowest BCUT2D eigenvalue weighted by molar-refractivity contribution is 0.0945. The molecule has 0 heterocycles. The minimum Gasteiger partial charge on any atom is -0.508 e. The predicted octanol–water partition coefficient (Wildman–Crippen LogP) is 1.73. The molecular weight excluding hydrogens is 268 g/mol. The van der Waals surface area contributed by atoms with Crippen LogP contribution in [0.15, 0.2) is 48.5 Å². The van der Waals surface area contributed by atoms with E-state index in [0.717, 1.165) is 11.3 Å². The Bertz CT molecular complexity index is 579. The maximum absolute atomic E-state index is 11.7. The number of hydrogen-bond acceptors (Lipinski definition) is 4. The molecule has 0 spiro atoms. The molecule has 2 aromatic rings. The number of phenolic OH excluding ortho intramolecular Hbond substituents is 1. The first kappa shape index (κ1) is 14.9. The van der Waals surface area contributed by atoms with E-state index in [1.807, 2.05) is 24.3 Å². The molecule has 0 bridgehead atoms. The van der Waals surface area contributed by atoms with E-state index >= 15 is 0 Å². The Labute approximate surface area is 123 Å². The lowest BCUT2D eigenvalue weighted by Crippen LogP contribution is -2.26. The van der Waals surface area contributed by atoms with Crippen molar-refractivity contribution in [3.63, 3.8) is 0 Å². The van der Waals surface area contributed by atoms with E-state index in [4.69, 9.17) is 5.11 Å². The molecule has 2 rings (SSSR count). The minimum absolute atomic E-state index is 0.0714. The average Bonchev–Trinajstić information content (AvgIpc) is 2.52. The Kier molecular flexibility index (Phi) is 5.17. The molecule has 5 heteroatoms. The number of carbonyl (C=O) groups excluding carboxylic acids is 1. The summed E-state index contributed by atoms with van der Waals surface area (Å²) in [6, 6.07) is 14.1. The standard InChI is InChI=1S/C16H18N2O3/c19-10-9-17-16(21)13-3-5-14(6-4-13)18-11-12-1-7-15(20)8-2-12/h1-8,18-20H,9-11H2,(H,17,21). The molecule has 0 aliphatic rings. The Morgan fingerprint density at radius 2 is 1.67 bits per heavy atom. The van der Waals surface area contributed by atoms with Gasteiger partial charge in [-0.1, -0.05) is 12.1 Å². The molecule has 0 saturated heterocycles. The second-order valence-electron chi connectivity index (χ2n) is 4.58. The summed E-state index contributed by atoms with van der Waals surface area (Å²) >= 11 is 0. The van der Waals surface area contributed by atoms with E-state index in [9.17, 15) is 9.90 Å². The van der Waals surface area contributed by atoms with Gasteiger partial charge in [-0.05, 0) is 42.0 Å². The van der Waals surface area contributed by atoms with E-state index in [0.29, 0.717) is 12.1 Å². The monoisotopic (exact) mass is 286 g/mol. The number of phenols is 1. The highest BCUT2D eigenvalue weighted by Crippen LogP contribution is 2.13. The Hall–Kier alpha value is -2.53. The minimum atomic E-state index is -0.200. The van der Waals surface area contributed by atoms with Crippen LogP contribution in [0.5, 0.6) is 5.75 Å². The predicted molar refractivity (Wildman–Crippen MR) is 81.3 cm³/mol. The third kappa shape index (κ3) is 4.50. The molecule has 0 aliphatic carbocycles. The molecule has 0 atom stereocenters. The number of carbonyl (C=O) groups is 1. The zero-order valence-corrected chi connectivity index (χ0v) is 11.5. The van der Waals surface area contributed by atoms with Crippen LogP contribution in [0.2, 0.25) is 0 Å². The van der Waals surface area contributed by atoms with Gasteiger partial charge in [0.25, 0.3) is 5.91 Å². The van der Waals surface area contributed by atoms with Gasteiger partial charge in [-0.25, -0.2) is 0 Å². The van der Waals surface area contributed by atoms with Crippen molar-refractivity contribution in [2.24, 2.45) is 0 Å². The van der Waals surface area contributed by atoms with Crippen LogP contribution in [0.25, 0.3) is 0 Å². The molecule has 0 unspecified atom stereocenters. The number of anilines is 1. The molecule has 2 aromatic carbocycles. The van der Waals surface area contributed by atoms with Gasteiger partial charge in [-0.15, -0.1) is 0 Å². The van der Waals surface area contributed by atoms with Crippen LogP contribution in [-0.2, 0) is 6.54 Å². The molecule has 4 N–H and O–H groups in total. The number of nitrogens with one attached hydrogen (secondary N) is 2. The van der Waals surface area contributed by atoms with Gasteiger partial charge in [-0.2, -0.15) is 0 Å². The molecule has 110 valence electrons. The summed E-state index contributed by atoms with van der Waals surface area (Å²) in [7, 11) is 0. The van der Waals surface area contributed by atoms with Crippen molar-refractivity contribution in [2.45, 2.75) is 6.54 Å². The molecule has 0 saturated carbocycles. The normalized spacial score (nSPS) is 10.1. The van der Waals surface area contributed by atoms with Crippen LogP contribution in [0.3, 0.4) is 0 Å². The molecule has 5 nitrogen and oxygen atoms in total. The van der Waals surface area contributed by atoms with Crippen molar-refractivity contribution in [1.82, 2.24) is 5.32 Å². The van der Waals surface area contributed by atoms with Crippen LogP contribution in [0.1, 0.15) is 15.9 Å². The number of benzene rings is 2. The van der Waals surface area contributed by atoms with Crippen molar-refractivity contribution in [1.29, 1.82) is 0 Å². The summed E-state index contributed by atoms with van der Waals surface area (Å²) in [5.74, 6) is 0.0473. The highest BCUT2D eigenvalue weighted by atomic mass is 16.3. The van der Waals surface area contributed by atoms with Crippen LogP contribution < -0.4 is 10.6 Å². The summed E-state index contributed by atoms with van der Waals surface area (Å²) in [4.78, 5) is 11.7. The zero-order valence-electron chi connectivity index (χ0n) is 11.5. The third-order valence-corrected chi connectivity index (χ3v) is 2.98. The smallest absolute Gasteiger partial charge is 0.251 e. The fraction of sp³-hybridized carbons (Fsp3) is 0.188. The lowest BCUT2D eigenvalue weighted by Gasteiger charge is -2.08. The Morgan fingerprint density at radius 1 is 1.00 bits per heavy atom. The van der Waals surface area contributed by atoms with E-state index in [1.165, 1.54) is 0 Å². The lowest BCUT2D eigenvalue weighted by atomic mass is 10.1. The molecule has 0 aromatic heterocycles. The van der Waals surface area contributed by atoms with Gasteiger partial charge in [0.15, 0.2) is 0 Å². The second-order valence-corrected chi connectivity index (χ2v) is 4.58. The first-order valence-corrected chi connectivity index (χ1v) is 6.70. The molecule has 0 fully saturated rings. The number of aliphatic hydroxyl groups excluding tert-OH is 1. The largest absolute Gasteiger partial charge is 0.508 e. The van der Waals surface area contributed by atoms with E-state index in [1.54, 1.807) is 24.3 Å². The highest BCUT2D eigenvalue weighted by molar-refractivity contribution is 5.94. The molecule has 0 radical (unpaired) electrons. The summed E-state index contributed by atoms with van der Waals surface area (Å²) in [6.07, 6.45) is 0. The topological polar surface area (TPSA) is 81.6 Å². The van der Waals surface area contributed by atoms with Crippen molar-refractivity contribution in [3.05, 3.63) is 59.7 Å². The second kappa shape index (κ2) is 7.31. The summed E-state index contributed by atoms with van der Waals surface area (Å²) in [6.45, 7) is 0.814. The fourth-order valence-electron chi connectivity index (χ4n) is 1.83. The summed E-state index contributed by atoms with van der Waals surface area (Å²) in [5, 5.41) is 23.7. The molecule has 21 heavy (non-hydrogen) atoms. The van der Waals surface area contributed by atoms with Gasteiger partial charge in [0.05, 0.1) is 6.61 Å². The van der Waals surface area contributed by atoms with Gasteiger partial charge >= 0.3 is 0 Å². The van der Waals surface area contributed by atoms with Gasteiger partial charge in [0.2, 0.25) is 0 Å². The highest BCUT2D eigenvalue weighted by Gasteiger charge is 2.04. The third-order valence-electron chi connectivity index (χ3n) is 2.98. The van der Waals surface area contributed by atoms with Crippen molar-refractivity contribution < 1.29 is 15.0 Å². The van der Waals surface area contributed by atoms with Gasteiger partial charge in [0.1, 0.15) is 5.75 Å². The summed E-state index contributed by atoms with van der Waals surface area (Å²) < 4.78 is 0. The quantitative estimate of drug-likeness (QED) is 0.652. The molecule has 1 amide bonds. The van der Waals surface area contributed by atoms with Crippen LogP contribution in [0.4, 0.5) is 5.69 Å². The average molecular weight is 286 g/mol. The first-order chi connectivity index (χ1) is 10.2. The number of aliphatic hydroxyl groups is 1. The molecular formula is C16H18N2O3. The number of aromatic hydroxyl groups is 1. The number of rotatable bonds is 6. The number of amides is 1. The van der Waals surface area contributed by atoms with Gasteiger partial charge in [0, 0.05) is 24.3 Å². The number of hydrogen-bond donors (Lipinski definition) is 4. The van der Waals surface area contributed by atoms with Crippen molar-refractivity contribution in [2.75, 3.05) is 18.5 Å². The van der Waals surface area contributed by atoms with Crippen LogP contribution in [-0.4, -0.2) is 29.3 Å². The van der Waals surface area contributed by atoms with E-state index < -0.39 is 0 Å². The Morgan fingerprint density at radius 3 is 2.29 bits per heavy atom. The van der Waals surface area contributed by atoms with Crippen molar-refractivity contribution >= 4 is 11.6 Å². The van der Waals surface area contributed by atoms with Crippen LogP contribution >= 0.6 is 0 Å². The Balaban J connectivity index is 1.90. The SMILES string of the molecule is O=C(NCCO)c1ccc(NCc2ccc(O)cc2)cc1. The van der Waals surface area contributed by atoms with E-state index in [-0.39, 0.29) is 24.8 Å². The van der Waals surface area contributed by atoms with E-state index in [2.05, 4.69) is 10.6 Å². The first-order valence-electron chi connectivity index (χ1n) is 6.70. The zero-order chi connectivity index (χ0) is 15.1. The van der Waals surface area contributed by atoms with Crippen molar-refractivity contribution in [3.8, 4) is 5.75 Å². The van der Waals surface area contributed by atoms with Gasteiger partial charge < -0.3 is 20.8 Å². The maximum atomic E-state index is 11.7. The fourth-order valence-corrected chi connectivity index (χ4v) is 1.83. The van der Waals surface area contributed by atoms with Crippen LogP contribution in [0, 0.1) is 0 Å². The molecule has 0 aliphatic heterocycles.